The fourth-order valence-electron chi connectivity index (χ4n) is 2.33. The lowest BCUT2D eigenvalue weighted by Gasteiger charge is -2.17. The van der Waals surface area contributed by atoms with Crippen molar-refractivity contribution >= 4 is 5.91 Å². The van der Waals surface area contributed by atoms with Crippen LogP contribution in [-0.4, -0.2) is 23.7 Å². The molecular formula is C15H19F2NO2. The molecule has 1 aromatic rings. The maximum absolute atomic E-state index is 13.4. The number of aryl methyl sites for hydroxylation is 1. The highest BCUT2D eigenvalue weighted by Crippen LogP contribution is 2.33. The van der Waals surface area contributed by atoms with Crippen molar-refractivity contribution in [2.45, 2.75) is 38.1 Å². The highest BCUT2D eigenvalue weighted by atomic mass is 19.2. The molecule has 1 unspecified atom stereocenters. The van der Waals surface area contributed by atoms with E-state index in [0.29, 0.717) is 12.3 Å². The van der Waals surface area contributed by atoms with Gasteiger partial charge in [-0.05, 0) is 43.2 Å². The quantitative estimate of drug-likeness (QED) is 0.806. The summed E-state index contributed by atoms with van der Waals surface area (Å²) in [5.74, 6) is -1.50. The topological polar surface area (TPSA) is 49.3 Å². The molecule has 0 heterocycles. The summed E-state index contributed by atoms with van der Waals surface area (Å²) >= 11 is 0. The molecule has 1 fully saturated rings. The number of nitrogens with one attached hydrogen (secondary N) is 1. The minimum absolute atomic E-state index is 0.00450. The van der Waals surface area contributed by atoms with Crippen molar-refractivity contribution in [3.8, 4) is 0 Å². The first-order valence-corrected chi connectivity index (χ1v) is 6.95. The van der Waals surface area contributed by atoms with Crippen LogP contribution >= 0.6 is 0 Å². The van der Waals surface area contributed by atoms with Gasteiger partial charge in [0.15, 0.2) is 11.6 Å². The van der Waals surface area contributed by atoms with Crippen molar-refractivity contribution in [1.82, 2.24) is 5.32 Å². The number of rotatable bonds is 7. The summed E-state index contributed by atoms with van der Waals surface area (Å²) in [6, 6.07) is 3.98. The zero-order valence-electron chi connectivity index (χ0n) is 11.2. The lowest BCUT2D eigenvalue weighted by atomic mass is 10.1. The van der Waals surface area contributed by atoms with Crippen LogP contribution in [0.15, 0.2) is 18.2 Å². The summed E-state index contributed by atoms with van der Waals surface area (Å²) in [7, 11) is 0. The number of aliphatic hydroxyl groups is 1. The van der Waals surface area contributed by atoms with Gasteiger partial charge in [-0.2, -0.15) is 0 Å². The molecule has 0 aliphatic heterocycles. The van der Waals surface area contributed by atoms with Crippen LogP contribution in [0.5, 0.6) is 0 Å². The minimum atomic E-state index is -0.890. The average molecular weight is 283 g/mol. The van der Waals surface area contributed by atoms with Gasteiger partial charge in [0.25, 0.3) is 0 Å². The lowest BCUT2D eigenvalue weighted by molar-refractivity contribution is -0.122. The number of halogens is 2. The molecule has 2 N–H and O–H groups in total. The van der Waals surface area contributed by atoms with Crippen molar-refractivity contribution < 1.29 is 18.7 Å². The Kier molecular flexibility index (Phi) is 5.06. The van der Waals surface area contributed by atoms with Crippen molar-refractivity contribution in [3.63, 3.8) is 0 Å². The average Bonchev–Trinajstić information content (AvgIpc) is 3.24. The van der Waals surface area contributed by atoms with Gasteiger partial charge in [-0.25, -0.2) is 8.78 Å². The van der Waals surface area contributed by atoms with Crippen molar-refractivity contribution in [1.29, 1.82) is 0 Å². The molecule has 1 atom stereocenters. The van der Waals surface area contributed by atoms with Gasteiger partial charge < -0.3 is 10.4 Å². The largest absolute Gasteiger partial charge is 0.396 e. The molecule has 3 nitrogen and oxygen atoms in total. The number of hydrogen-bond donors (Lipinski definition) is 2. The van der Waals surface area contributed by atoms with Crippen molar-refractivity contribution in [2.75, 3.05) is 6.61 Å². The first-order chi connectivity index (χ1) is 9.61. The third-order valence-electron chi connectivity index (χ3n) is 3.63. The zero-order chi connectivity index (χ0) is 14.5. The standard InChI is InChI=1S/C15H19F2NO2/c16-12-3-1-2-11(15(12)17)6-7-14(20)18-13(8-9-19)10-4-5-10/h1-3,10,13,19H,4-9H2,(H,18,20). The van der Waals surface area contributed by atoms with Crippen LogP contribution in [0, 0.1) is 17.6 Å². The summed E-state index contributed by atoms with van der Waals surface area (Å²) < 4.78 is 26.5. The van der Waals surface area contributed by atoms with E-state index in [4.69, 9.17) is 5.11 Å². The molecule has 2 rings (SSSR count). The molecule has 5 heteroatoms. The highest BCUT2D eigenvalue weighted by Gasteiger charge is 2.31. The minimum Gasteiger partial charge on any atom is -0.396 e. The van der Waals surface area contributed by atoms with Crippen LogP contribution in [-0.2, 0) is 11.2 Å². The second-order valence-corrected chi connectivity index (χ2v) is 5.24. The first-order valence-electron chi connectivity index (χ1n) is 6.95. The van der Waals surface area contributed by atoms with Gasteiger partial charge in [-0.3, -0.25) is 4.79 Å². The Morgan fingerprint density at radius 2 is 2.15 bits per heavy atom. The summed E-state index contributed by atoms with van der Waals surface area (Å²) in [5.41, 5.74) is 0.213. The van der Waals surface area contributed by atoms with E-state index in [-0.39, 0.29) is 37.0 Å². The van der Waals surface area contributed by atoms with Crippen LogP contribution in [0.4, 0.5) is 8.78 Å². The van der Waals surface area contributed by atoms with E-state index in [1.807, 2.05) is 0 Å². The van der Waals surface area contributed by atoms with Gasteiger partial charge in [0.2, 0.25) is 5.91 Å². The van der Waals surface area contributed by atoms with E-state index >= 15 is 0 Å². The molecule has 0 spiro atoms. The number of carbonyl (C=O) groups is 1. The number of carbonyl (C=O) groups excluding carboxylic acids is 1. The van der Waals surface area contributed by atoms with E-state index in [1.165, 1.54) is 12.1 Å². The molecular weight excluding hydrogens is 264 g/mol. The Labute approximate surface area is 117 Å². The molecule has 0 saturated heterocycles. The van der Waals surface area contributed by atoms with E-state index < -0.39 is 11.6 Å². The van der Waals surface area contributed by atoms with Gasteiger partial charge in [-0.15, -0.1) is 0 Å². The number of amides is 1. The fraction of sp³-hybridized carbons (Fsp3) is 0.533. The molecule has 1 aliphatic carbocycles. The SMILES string of the molecule is O=C(CCc1cccc(F)c1F)NC(CCO)C1CC1. The zero-order valence-corrected chi connectivity index (χ0v) is 11.2. The number of hydrogen-bond acceptors (Lipinski definition) is 2. The van der Waals surface area contributed by atoms with Gasteiger partial charge in [0.05, 0.1) is 0 Å². The number of benzene rings is 1. The Balaban J connectivity index is 1.83. The third-order valence-corrected chi connectivity index (χ3v) is 3.63. The molecule has 0 bridgehead atoms. The molecule has 1 aliphatic rings. The molecule has 1 amide bonds. The van der Waals surface area contributed by atoms with E-state index in [0.717, 1.165) is 18.9 Å². The van der Waals surface area contributed by atoms with Crippen LogP contribution in [0.25, 0.3) is 0 Å². The monoisotopic (exact) mass is 283 g/mol. The predicted octanol–water partition coefficient (Wildman–Crippen LogP) is 2.17. The molecule has 20 heavy (non-hydrogen) atoms. The van der Waals surface area contributed by atoms with E-state index in [1.54, 1.807) is 0 Å². The summed E-state index contributed by atoms with van der Waals surface area (Å²) in [6.07, 6.45) is 2.98. The highest BCUT2D eigenvalue weighted by molar-refractivity contribution is 5.76. The fourth-order valence-corrected chi connectivity index (χ4v) is 2.33. The second-order valence-electron chi connectivity index (χ2n) is 5.24. The van der Waals surface area contributed by atoms with Crippen LogP contribution in [0.1, 0.15) is 31.2 Å². The molecule has 110 valence electrons. The summed E-state index contributed by atoms with van der Waals surface area (Å²) in [5, 5.41) is 11.8. The number of aliphatic hydroxyl groups excluding tert-OH is 1. The lowest BCUT2D eigenvalue weighted by Crippen LogP contribution is -2.37. The predicted molar refractivity (Wildman–Crippen MR) is 71.0 cm³/mol. The normalized spacial score (nSPS) is 15.9. The van der Waals surface area contributed by atoms with Gasteiger partial charge >= 0.3 is 0 Å². The van der Waals surface area contributed by atoms with Crippen LogP contribution in [0.2, 0.25) is 0 Å². The van der Waals surface area contributed by atoms with Crippen molar-refractivity contribution in [3.05, 3.63) is 35.4 Å². The smallest absolute Gasteiger partial charge is 0.220 e. The third kappa shape index (κ3) is 4.00. The molecule has 1 saturated carbocycles. The van der Waals surface area contributed by atoms with Crippen LogP contribution in [0.3, 0.4) is 0 Å². The Morgan fingerprint density at radius 3 is 2.80 bits per heavy atom. The second kappa shape index (κ2) is 6.79. The Morgan fingerprint density at radius 1 is 1.40 bits per heavy atom. The maximum Gasteiger partial charge on any atom is 0.220 e. The van der Waals surface area contributed by atoms with Crippen LogP contribution < -0.4 is 5.32 Å². The van der Waals surface area contributed by atoms with E-state index in [9.17, 15) is 13.6 Å². The Hall–Kier alpha value is -1.49. The van der Waals surface area contributed by atoms with Gasteiger partial charge in [-0.1, -0.05) is 12.1 Å². The van der Waals surface area contributed by atoms with Crippen molar-refractivity contribution in [2.24, 2.45) is 5.92 Å². The van der Waals surface area contributed by atoms with E-state index in [2.05, 4.69) is 5.32 Å². The van der Waals surface area contributed by atoms with Gasteiger partial charge in [0, 0.05) is 19.1 Å². The maximum atomic E-state index is 13.4. The molecule has 0 radical (unpaired) electrons. The summed E-state index contributed by atoms with van der Waals surface area (Å²) in [4.78, 5) is 11.8. The molecule has 1 aromatic carbocycles. The Bertz CT molecular complexity index is 475. The molecule has 0 aromatic heterocycles. The first kappa shape index (κ1) is 14.9. The van der Waals surface area contributed by atoms with Gasteiger partial charge in [0.1, 0.15) is 0 Å². The summed E-state index contributed by atoms with van der Waals surface area (Å²) in [6.45, 7) is 0.0416.